The number of imidazole rings is 1. The number of rotatable bonds is 8. The summed E-state index contributed by atoms with van der Waals surface area (Å²) in [6.45, 7) is 13.8. The van der Waals surface area contributed by atoms with Crippen LogP contribution in [0.2, 0.25) is 0 Å². The maximum Gasteiger partial charge on any atom is 0.149 e. The molecular formula is C64H73N3O. The number of pyridine rings is 1. The zero-order valence-electron chi connectivity index (χ0n) is 59.4. The van der Waals surface area contributed by atoms with E-state index in [4.69, 9.17) is 25.5 Å². The van der Waals surface area contributed by atoms with Crippen molar-refractivity contribution in [1.29, 1.82) is 0 Å². The van der Waals surface area contributed by atoms with Gasteiger partial charge in [-0.1, -0.05) is 189 Å². The highest BCUT2D eigenvalue weighted by Crippen LogP contribution is 2.46. The Hall–Kier alpha value is -6.26. The van der Waals surface area contributed by atoms with Crippen molar-refractivity contribution in [2.24, 2.45) is 0 Å². The second-order valence-electron chi connectivity index (χ2n) is 21.4. The molecule has 0 fully saturated rings. The Morgan fingerprint density at radius 3 is 1.76 bits per heavy atom. The minimum absolute atomic E-state index is 0.0441. The number of fused-ring (bicyclic) bond motifs is 1. The molecule has 0 spiro atoms. The van der Waals surface area contributed by atoms with Gasteiger partial charge in [0.05, 0.1) is 31.9 Å². The molecule has 0 aliphatic rings. The molecule has 68 heavy (non-hydrogen) atoms. The molecule has 0 amide bonds. The fraction of sp³-hybridized carbons (Fsp3) is 0.344. The van der Waals surface area contributed by atoms with E-state index in [0.29, 0.717) is 50.4 Å². The van der Waals surface area contributed by atoms with Crippen molar-refractivity contribution in [3.05, 3.63) is 167 Å². The molecule has 4 nitrogen and oxygen atoms in total. The highest BCUT2D eigenvalue weighted by Gasteiger charge is 2.29. The first kappa shape index (κ1) is 30.3. The SMILES string of the molecule is [2H]c1nc(-c2cc(-c3cccc4c3nc(-c3cc(C(C)(C)C)cc(C(C)(C)C)c3O)n4-c3ccc(-c4c(C([2H])(C)C)cccc4C([2H])(C)C)cc3)cc(C(C)(C)C)c2)c([2H])c(-c2c([2H])c([2H])c(C(C([2H])([2H])[2H])(C([2H])([2H])[2H])C([2H])([2H])[2H])c([2H])c2[2H])c1[2H]. The standard InChI is InChI=1S/C64H73N3O/c1-39(2)50-19-17-20-51(40(3)4)57(50)42-25-29-49(30-26-42)67-56-22-18-21-52(58(56)66-60(67)53-37-48(63(11,12)13)38-54(59(53)68)64(14,15)16)44-33-45(35-47(34-44)62(8,9)10)55-36-43(31-32-65-55)41-23-27-46(28-24-41)61(5,6)7/h17-40,68H,1-16H3/i5D3,6D3,7D3,23D,24D,27D,28D,31D,32D,36D,39D,40D. The number of phenols is 1. The highest BCUT2D eigenvalue weighted by molar-refractivity contribution is 5.97. The van der Waals surface area contributed by atoms with Gasteiger partial charge in [0, 0.05) is 43.6 Å². The van der Waals surface area contributed by atoms with Crippen molar-refractivity contribution in [2.75, 3.05) is 0 Å². The third-order valence-corrected chi connectivity index (χ3v) is 12.5. The van der Waals surface area contributed by atoms with Gasteiger partial charge in [0.15, 0.2) is 0 Å². The van der Waals surface area contributed by atoms with Crippen LogP contribution in [0, 0.1) is 0 Å². The third kappa shape index (κ3) is 9.44. The van der Waals surface area contributed by atoms with Gasteiger partial charge >= 0.3 is 0 Å². The van der Waals surface area contributed by atoms with Gasteiger partial charge in [-0.15, -0.1) is 0 Å². The molecule has 8 aromatic rings. The van der Waals surface area contributed by atoms with E-state index in [0.717, 1.165) is 27.8 Å². The smallest absolute Gasteiger partial charge is 0.149 e. The van der Waals surface area contributed by atoms with Crippen LogP contribution in [0.4, 0.5) is 0 Å². The van der Waals surface area contributed by atoms with Crippen LogP contribution in [0.25, 0.3) is 72.7 Å². The number of hydrogen-bond donors (Lipinski definition) is 1. The van der Waals surface area contributed by atoms with Gasteiger partial charge in [-0.25, -0.2) is 4.98 Å². The second-order valence-corrected chi connectivity index (χ2v) is 21.4. The lowest BCUT2D eigenvalue weighted by molar-refractivity contribution is 0.446. The summed E-state index contributed by atoms with van der Waals surface area (Å²) in [5.74, 6) is -1.56. The number of benzene rings is 6. The predicted octanol–water partition coefficient (Wildman–Crippen LogP) is 17.9. The van der Waals surface area contributed by atoms with Gasteiger partial charge in [0.1, 0.15) is 11.6 Å². The first-order chi connectivity index (χ1) is 39.1. The molecule has 0 unspecified atom stereocenters. The molecule has 0 radical (unpaired) electrons. The molecule has 0 aliphatic carbocycles. The van der Waals surface area contributed by atoms with Crippen LogP contribution in [0.1, 0.15) is 180 Å². The quantitative estimate of drug-likeness (QED) is 0.165. The molecule has 0 saturated carbocycles. The average molecular weight is 918 g/mol. The summed E-state index contributed by atoms with van der Waals surface area (Å²) in [6.07, 6.45) is -0.744. The van der Waals surface area contributed by atoms with Crippen LogP contribution < -0.4 is 0 Å². The van der Waals surface area contributed by atoms with Crippen LogP contribution in [-0.4, -0.2) is 19.6 Å². The number of nitrogens with zero attached hydrogens (tertiary/aromatic N) is 3. The summed E-state index contributed by atoms with van der Waals surface area (Å²) in [5.41, 5.74) is 0.728. The van der Waals surface area contributed by atoms with E-state index in [-0.39, 0.29) is 22.4 Å². The Kier molecular flexibility index (Phi) is 7.87. The Balaban J connectivity index is 1.44. The average Bonchev–Trinajstić information content (AvgIpc) is 0.783. The van der Waals surface area contributed by atoms with Gasteiger partial charge < -0.3 is 5.11 Å². The maximum atomic E-state index is 12.6. The van der Waals surface area contributed by atoms with E-state index in [1.807, 2.05) is 153 Å². The van der Waals surface area contributed by atoms with E-state index in [9.17, 15) is 9.22 Å². The third-order valence-electron chi connectivity index (χ3n) is 12.5. The highest BCUT2D eigenvalue weighted by atomic mass is 16.3. The van der Waals surface area contributed by atoms with Crippen LogP contribution in [-0.2, 0) is 21.7 Å². The number of aromatic nitrogens is 3. The van der Waals surface area contributed by atoms with Crippen molar-refractivity contribution in [2.45, 2.75) is 144 Å². The van der Waals surface area contributed by atoms with Crippen LogP contribution in [0.5, 0.6) is 5.75 Å². The molecule has 1 N–H and O–H groups in total. The Morgan fingerprint density at radius 1 is 0.574 bits per heavy atom. The number of hydrogen-bond acceptors (Lipinski definition) is 3. The first-order valence-corrected chi connectivity index (χ1v) is 23.0. The fourth-order valence-electron chi connectivity index (χ4n) is 8.61. The summed E-state index contributed by atoms with van der Waals surface area (Å²) in [4.78, 5) is 9.90. The van der Waals surface area contributed by atoms with E-state index >= 15 is 0 Å². The van der Waals surface area contributed by atoms with Gasteiger partial charge in [-0.2, -0.15) is 0 Å². The lowest BCUT2D eigenvalue weighted by Crippen LogP contribution is -2.17. The summed E-state index contributed by atoms with van der Waals surface area (Å²) in [6, 6.07) is 22.3. The summed E-state index contributed by atoms with van der Waals surface area (Å²) >= 11 is 0. The Morgan fingerprint density at radius 2 is 1.18 bits per heavy atom. The summed E-state index contributed by atoms with van der Waals surface area (Å²) in [5, 5.41) is 12.6. The summed E-state index contributed by atoms with van der Waals surface area (Å²) in [7, 11) is 0. The van der Waals surface area contributed by atoms with Crippen molar-refractivity contribution in [1.82, 2.24) is 14.5 Å². The van der Waals surface area contributed by atoms with E-state index < -0.39 is 108 Å². The molecule has 350 valence electrons. The Labute approximate surface area is 432 Å². The van der Waals surface area contributed by atoms with Crippen LogP contribution in [0.15, 0.2) is 133 Å². The zero-order valence-corrected chi connectivity index (χ0v) is 41.4. The van der Waals surface area contributed by atoms with Crippen molar-refractivity contribution in [3.8, 4) is 67.5 Å². The number of phenolic OH excluding ortho intramolecular Hbond substituents is 1. The van der Waals surface area contributed by atoms with Crippen LogP contribution >= 0.6 is 0 Å². The van der Waals surface area contributed by atoms with Gasteiger partial charge in [-0.3, -0.25) is 9.55 Å². The largest absolute Gasteiger partial charge is 0.507 e. The molecule has 0 atom stereocenters. The first-order valence-electron chi connectivity index (χ1n) is 32.0. The predicted molar refractivity (Wildman–Crippen MR) is 291 cm³/mol. The minimum atomic E-state index is -3.94. The van der Waals surface area contributed by atoms with Crippen molar-refractivity contribution < 1.29 is 29.8 Å². The van der Waals surface area contributed by atoms with E-state index in [1.54, 1.807) is 12.1 Å². The number of para-hydroxylation sites is 1. The molecule has 0 bridgehead atoms. The fourth-order valence-corrected chi connectivity index (χ4v) is 8.61. The lowest BCUT2D eigenvalue weighted by Gasteiger charge is -2.27. The molecule has 4 heteroatoms. The number of aromatic hydroxyl groups is 1. The molecule has 2 aromatic heterocycles. The van der Waals surface area contributed by atoms with Crippen molar-refractivity contribution in [3.63, 3.8) is 0 Å². The van der Waals surface area contributed by atoms with Crippen LogP contribution in [0.3, 0.4) is 0 Å². The minimum Gasteiger partial charge on any atom is -0.507 e. The molecular weight excluding hydrogens is 827 g/mol. The lowest BCUT2D eigenvalue weighted by atomic mass is 9.79. The van der Waals surface area contributed by atoms with Gasteiger partial charge in [-0.05, 0) is 138 Å². The molecule has 8 rings (SSSR count). The monoisotopic (exact) mass is 918 g/mol. The van der Waals surface area contributed by atoms with Crippen molar-refractivity contribution >= 4 is 11.0 Å². The topological polar surface area (TPSA) is 50.9 Å². The molecule has 2 heterocycles. The Bertz CT molecular complexity index is 3910. The maximum absolute atomic E-state index is 12.6. The van der Waals surface area contributed by atoms with Gasteiger partial charge in [0.2, 0.25) is 0 Å². The molecule has 0 aliphatic heterocycles. The van der Waals surface area contributed by atoms with Gasteiger partial charge in [0.25, 0.3) is 0 Å². The zero-order chi connectivity index (χ0) is 64.7. The van der Waals surface area contributed by atoms with E-state index in [2.05, 4.69) is 25.8 Å². The summed E-state index contributed by atoms with van der Waals surface area (Å²) < 4.78 is 159. The van der Waals surface area contributed by atoms with E-state index in [1.165, 1.54) is 0 Å². The second kappa shape index (κ2) is 17.7. The normalized spacial score (nSPS) is 17.4. The molecule has 0 saturated heterocycles. The molecule has 6 aromatic carbocycles.